The summed E-state index contributed by atoms with van der Waals surface area (Å²) >= 11 is 0. The quantitative estimate of drug-likeness (QED) is 0.502. The Kier molecular flexibility index (Phi) is 6.84. The van der Waals surface area contributed by atoms with Gasteiger partial charge in [-0.3, -0.25) is 14.3 Å². The molecule has 7 nitrogen and oxygen atoms in total. The van der Waals surface area contributed by atoms with Gasteiger partial charge in [-0.15, -0.1) is 0 Å². The minimum Gasteiger partial charge on any atom is -0.348 e. The molecule has 0 aliphatic heterocycles. The highest BCUT2D eigenvalue weighted by Crippen LogP contribution is 2.19. The molecule has 0 spiro atoms. The number of carbonyl (C=O) groups is 2. The molecule has 0 saturated carbocycles. The van der Waals surface area contributed by atoms with Gasteiger partial charge >= 0.3 is 0 Å². The Morgan fingerprint density at radius 1 is 0.875 bits per heavy atom. The summed E-state index contributed by atoms with van der Waals surface area (Å²) in [4.78, 5) is 23.1. The van der Waals surface area contributed by atoms with Crippen LogP contribution in [-0.2, 0) is 21.4 Å². The Balaban J connectivity index is 1.63. The van der Waals surface area contributed by atoms with E-state index in [2.05, 4.69) is 15.4 Å². The van der Waals surface area contributed by atoms with Crippen LogP contribution in [0.5, 0.6) is 0 Å². The highest BCUT2D eigenvalue weighted by molar-refractivity contribution is 7.92. The lowest BCUT2D eigenvalue weighted by Gasteiger charge is -2.10. The van der Waals surface area contributed by atoms with Gasteiger partial charge in [-0.05, 0) is 60.2 Å². The van der Waals surface area contributed by atoms with Gasteiger partial charge in [0.25, 0.3) is 15.9 Å². The predicted molar refractivity (Wildman–Crippen MR) is 116 cm³/mol. The van der Waals surface area contributed by atoms with E-state index in [1.807, 2.05) is 0 Å². The van der Waals surface area contributed by atoms with E-state index in [1.165, 1.54) is 31.2 Å². The van der Waals surface area contributed by atoms with Gasteiger partial charge in [0.05, 0.1) is 4.90 Å². The van der Waals surface area contributed by atoms with Gasteiger partial charge in [-0.25, -0.2) is 17.2 Å². The van der Waals surface area contributed by atoms with Crippen LogP contribution < -0.4 is 15.4 Å². The normalized spacial score (nSPS) is 11.0. The molecule has 0 atom stereocenters. The number of benzene rings is 3. The first-order chi connectivity index (χ1) is 15.1. The van der Waals surface area contributed by atoms with Crippen molar-refractivity contribution < 1.29 is 26.8 Å². The third kappa shape index (κ3) is 5.88. The summed E-state index contributed by atoms with van der Waals surface area (Å²) in [6.07, 6.45) is 0. The molecule has 32 heavy (non-hydrogen) atoms. The van der Waals surface area contributed by atoms with Crippen LogP contribution in [0.15, 0.2) is 71.6 Å². The summed E-state index contributed by atoms with van der Waals surface area (Å²) < 4.78 is 53.3. The van der Waals surface area contributed by atoms with Crippen molar-refractivity contribution in [2.24, 2.45) is 0 Å². The zero-order valence-electron chi connectivity index (χ0n) is 16.9. The molecule has 0 saturated heterocycles. The zero-order valence-corrected chi connectivity index (χ0v) is 17.7. The lowest BCUT2D eigenvalue weighted by Crippen LogP contribution is -2.23. The van der Waals surface area contributed by atoms with E-state index in [1.54, 1.807) is 24.3 Å². The molecule has 3 aromatic carbocycles. The highest BCUT2D eigenvalue weighted by atomic mass is 32.2. The number of anilines is 2. The van der Waals surface area contributed by atoms with Crippen LogP contribution in [0, 0.1) is 11.6 Å². The molecule has 166 valence electrons. The average molecular weight is 459 g/mol. The maximum absolute atomic E-state index is 13.3. The van der Waals surface area contributed by atoms with Gasteiger partial charge in [0, 0.05) is 30.4 Å². The lowest BCUT2D eigenvalue weighted by atomic mass is 10.1. The van der Waals surface area contributed by atoms with Crippen LogP contribution in [0.4, 0.5) is 20.2 Å². The molecular formula is C22H19F2N3O4S. The highest BCUT2D eigenvalue weighted by Gasteiger charge is 2.17. The minimum atomic E-state index is -4.13. The molecule has 0 aromatic heterocycles. The summed E-state index contributed by atoms with van der Waals surface area (Å²) in [6, 6.07) is 14.9. The van der Waals surface area contributed by atoms with Crippen LogP contribution in [0.2, 0.25) is 0 Å². The maximum Gasteiger partial charge on any atom is 0.261 e. The van der Waals surface area contributed by atoms with E-state index in [-0.39, 0.29) is 24.0 Å². The van der Waals surface area contributed by atoms with Crippen LogP contribution in [0.1, 0.15) is 22.8 Å². The third-order valence-corrected chi connectivity index (χ3v) is 5.68. The molecular weight excluding hydrogens is 440 g/mol. The van der Waals surface area contributed by atoms with E-state index in [4.69, 9.17) is 0 Å². The van der Waals surface area contributed by atoms with Crippen LogP contribution in [0.3, 0.4) is 0 Å². The van der Waals surface area contributed by atoms with Crippen molar-refractivity contribution >= 4 is 33.2 Å². The number of amides is 2. The van der Waals surface area contributed by atoms with E-state index in [9.17, 15) is 26.8 Å². The first-order valence-corrected chi connectivity index (χ1v) is 10.8. The average Bonchev–Trinajstić information content (AvgIpc) is 2.74. The van der Waals surface area contributed by atoms with Crippen molar-refractivity contribution in [3.05, 3.63) is 89.5 Å². The van der Waals surface area contributed by atoms with E-state index in [0.717, 1.165) is 17.7 Å². The molecule has 2 amide bonds. The Labute approximate surface area is 183 Å². The van der Waals surface area contributed by atoms with Crippen molar-refractivity contribution in [1.29, 1.82) is 0 Å². The second-order valence-corrected chi connectivity index (χ2v) is 8.51. The van der Waals surface area contributed by atoms with Crippen LogP contribution >= 0.6 is 0 Å². The van der Waals surface area contributed by atoms with E-state index in [0.29, 0.717) is 17.3 Å². The largest absolute Gasteiger partial charge is 0.348 e. The number of rotatable bonds is 7. The third-order valence-electron chi connectivity index (χ3n) is 4.30. The summed E-state index contributed by atoms with van der Waals surface area (Å²) in [7, 11) is -4.13. The Hall–Kier alpha value is -3.79. The van der Waals surface area contributed by atoms with Gasteiger partial charge < -0.3 is 10.6 Å². The Morgan fingerprint density at radius 3 is 2.25 bits per heavy atom. The van der Waals surface area contributed by atoms with Crippen molar-refractivity contribution in [1.82, 2.24) is 5.32 Å². The first-order valence-electron chi connectivity index (χ1n) is 9.37. The second-order valence-electron chi connectivity index (χ2n) is 6.82. The topological polar surface area (TPSA) is 104 Å². The lowest BCUT2D eigenvalue weighted by molar-refractivity contribution is -0.114. The van der Waals surface area contributed by atoms with Crippen LogP contribution in [-0.4, -0.2) is 20.2 Å². The Bertz CT molecular complexity index is 1260. The number of sulfonamides is 1. The number of nitrogens with one attached hydrogen (secondary N) is 3. The maximum atomic E-state index is 13.3. The number of hydrogen-bond acceptors (Lipinski definition) is 4. The molecule has 0 aliphatic rings. The molecule has 3 N–H and O–H groups in total. The summed E-state index contributed by atoms with van der Waals surface area (Å²) in [6.45, 7) is 1.62. The fourth-order valence-corrected chi connectivity index (χ4v) is 3.86. The number of halogens is 2. The summed E-state index contributed by atoms with van der Waals surface area (Å²) in [5.74, 6) is -3.01. The summed E-state index contributed by atoms with van der Waals surface area (Å²) in [5.41, 5.74) is 1.83. The molecule has 0 radical (unpaired) electrons. The van der Waals surface area contributed by atoms with Gasteiger partial charge in [0.15, 0.2) is 11.6 Å². The van der Waals surface area contributed by atoms with E-state index >= 15 is 0 Å². The standard InChI is InChI=1S/C22H19F2N3O4S/c1-14(28)26-18-4-2-3-15(11-18)13-25-22(29)16-5-7-17(8-6-16)27-32(30,31)19-9-10-20(23)21(24)12-19/h2-12,27H,13H2,1H3,(H,25,29)(H,26,28). The number of hydrogen-bond donors (Lipinski definition) is 3. The van der Waals surface area contributed by atoms with Gasteiger partial charge in [-0.1, -0.05) is 12.1 Å². The minimum absolute atomic E-state index is 0.147. The van der Waals surface area contributed by atoms with Crippen molar-refractivity contribution in [2.75, 3.05) is 10.0 Å². The fraction of sp³-hybridized carbons (Fsp3) is 0.0909. The number of carbonyl (C=O) groups excluding carboxylic acids is 2. The van der Waals surface area contributed by atoms with Crippen molar-refractivity contribution in [3.8, 4) is 0 Å². The molecule has 3 rings (SSSR count). The fourth-order valence-electron chi connectivity index (χ4n) is 2.79. The Morgan fingerprint density at radius 2 is 1.59 bits per heavy atom. The predicted octanol–water partition coefficient (Wildman–Crippen LogP) is 3.65. The zero-order chi connectivity index (χ0) is 23.3. The molecule has 0 unspecified atom stereocenters. The molecule has 3 aromatic rings. The van der Waals surface area contributed by atoms with Gasteiger partial charge in [0.2, 0.25) is 5.91 Å². The van der Waals surface area contributed by atoms with Crippen molar-refractivity contribution in [2.45, 2.75) is 18.4 Å². The van der Waals surface area contributed by atoms with Gasteiger partial charge in [0.1, 0.15) is 0 Å². The van der Waals surface area contributed by atoms with Crippen molar-refractivity contribution in [3.63, 3.8) is 0 Å². The SMILES string of the molecule is CC(=O)Nc1cccc(CNC(=O)c2ccc(NS(=O)(=O)c3ccc(F)c(F)c3)cc2)c1. The van der Waals surface area contributed by atoms with Gasteiger partial charge in [-0.2, -0.15) is 0 Å². The second kappa shape index (κ2) is 9.56. The molecule has 0 aliphatic carbocycles. The monoisotopic (exact) mass is 459 g/mol. The van der Waals surface area contributed by atoms with Crippen LogP contribution in [0.25, 0.3) is 0 Å². The summed E-state index contributed by atoms with van der Waals surface area (Å²) in [5, 5.41) is 5.39. The molecule has 0 bridgehead atoms. The van der Waals surface area contributed by atoms with E-state index < -0.39 is 26.6 Å². The smallest absolute Gasteiger partial charge is 0.261 e. The molecule has 10 heteroatoms. The first kappa shape index (κ1) is 22.9. The molecule has 0 heterocycles. The molecule has 0 fully saturated rings.